The van der Waals surface area contributed by atoms with Gasteiger partial charge in [-0.2, -0.15) is 0 Å². The minimum atomic E-state index is -0.122. The molecule has 0 aliphatic carbocycles. The first-order valence-corrected chi connectivity index (χ1v) is 7.89. The first-order chi connectivity index (χ1) is 10.7. The zero-order valence-electron chi connectivity index (χ0n) is 11.9. The normalized spacial score (nSPS) is 16.4. The molecule has 2 aromatic carbocycles. The first kappa shape index (κ1) is 14.8. The number of ether oxygens (including phenoxy) is 1. The highest BCUT2D eigenvalue weighted by atomic mass is 32.2. The Morgan fingerprint density at radius 1 is 1.09 bits per heavy atom. The Hall–Kier alpha value is -2.11. The molecule has 1 heterocycles. The van der Waals surface area contributed by atoms with Crippen molar-refractivity contribution in [2.45, 2.75) is 0 Å². The maximum Gasteiger partial charge on any atom is 0.270 e. The van der Waals surface area contributed by atoms with Gasteiger partial charge in [-0.05, 0) is 23.8 Å². The quantitative estimate of drug-likeness (QED) is 0.627. The lowest BCUT2D eigenvalue weighted by Crippen LogP contribution is -2.27. The molecule has 0 spiro atoms. The third kappa shape index (κ3) is 2.77. The van der Waals surface area contributed by atoms with E-state index in [0.29, 0.717) is 20.7 Å². The fourth-order valence-electron chi connectivity index (χ4n) is 2.19. The summed E-state index contributed by atoms with van der Waals surface area (Å²) in [6, 6.07) is 17.1. The molecule has 0 saturated carbocycles. The van der Waals surface area contributed by atoms with Crippen molar-refractivity contribution >= 4 is 46.0 Å². The SMILES string of the molecule is COc1ccccc1N1C(=O)/C(=C\c2ccccc2)SC1=S. The van der Waals surface area contributed by atoms with Crippen LogP contribution in [0.5, 0.6) is 5.75 Å². The zero-order valence-corrected chi connectivity index (χ0v) is 13.5. The summed E-state index contributed by atoms with van der Waals surface area (Å²) in [4.78, 5) is 14.8. The maximum atomic E-state index is 12.7. The van der Waals surface area contributed by atoms with Gasteiger partial charge in [-0.1, -0.05) is 66.4 Å². The molecule has 0 atom stereocenters. The van der Waals surface area contributed by atoms with Crippen LogP contribution in [0.2, 0.25) is 0 Å². The molecule has 110 valence electrons. The van der Waals surface area contributed by atoms with E-state index >= 15 is 0 Å². The van der Waals surface area contributed by atoms with E-state index in [0.717, 1.165) is 5.56 Å². The Bertz CT molecular complexity index is 756. The summed E-state index contributed by atoms with van der Waals surface area (Å²) in [5.74, 6) is 0.503. The third-order valence-electron chi connectivity index (χ3n) is 3.22. The summed E-state index contributed by atoms with van der Waals surface area (Å²) in [5.41, 5.74) is 1.65. The van der Waals surface area contributed by atoms with E-state index in [1.165, 1.54) is 16.7 Å². The lowest BCUT2D eigenvalue weighted by Gasteiger charge is -2.17. The lowest BCUT2D eigenvalue weighted by molar-refractivity contribution is -0.113. The topological polar surface area (TPSA) is 29.5 Å². The van der Waals surface area contributed by atoms with Crippen LogP contribution in [0, 0.1) is 0 Å². The van der Waals surface area contributed by atoms with Gasteiger partial charge in [0.25, 0.3) is 5.91 Å². The van der Waals surface area contributed by atoms with Gasteiger partial charge in [-0.25, -0.2) is 0 Å². The van der Waals surface area contributed by atoms with Crippen molar-refractivity contribution in [1.29, 1.82) is 0 Å². The average Bonchev–Trinajstić information content (AvgIpc) is 2.82. The number of carbonyl (C=O) groups excluding carboxylic acids is 1. The second-order valence-corrected chi connectivity index (χ2v) is 6.28. The van der Waals surface area contributed by atoms with Crippen LogP contribution in [0.3, 0.4) is 0 Å². The van der Waals surface area contributed by atoms with Gasteiger partial charge >= 0.3 is 0 Å². The van der Waals surface area contributed by atoms with Gasteiger partial charge in [-0.3, -0.25) is 9.69 Å². The van der Waals surface area contributed by atoms with E-state index < -0.39 is 0 Å². The predicted molar refractivity (Wildman–Crippen MR) is 95.1 cm³/mol. The fraction of sp³-hybridized carbons (Fsp3) is 0.0588. The van der Waals surface area contributed by atoms with Crippen LogP contribution in [-0.2, 0) is 4.79 Å². The molecule has 1 aliphatic heterocycles. The van der Waals surface area contributed by atoms with Crippen molar-refractivity contribution in [2.75, 3.05) is 12.0 Å². The summed E-state index contributed by atoms with van der Waals surface area (Å²) in [6.45, 7) is 0. The van der Waals surface area contributed by atoms with E-state index in [-0.39, 0.29) is 5.91 Å². The minimum Gasteiger partial charge on any atom is -0.495 e. The number of carbonyl (C=O) groups is 1. The van der Waals surface area contributed by atoms with Crippen molar-refractivity contribution in [3.8, 4) is 5.75 Å². The zero-order chi connectivity index (χ0) is 15.5. The molecule has 3 nitrogen and oxygen atoms in total. The molecule has 0 aromatic heterocycles. The van der Waals surface area contributed by atoms with Crippen LogP contribution < -0.4 is 9.64 Å². The molecule has 0 unspecified atom stereocenters. The number of hydrogen-bond donors (Lipinski definition) is 0. The van der Waals surface area contributed by atoms with Gasteiger partial charge in [0.1, 0.15) is 5.75 Å². The number of thioether (sulfide) groups is 1. The number of hydrogen-bond acceptors (Lipinski definition) is 4. The smallest absolute Gasteiger partial charge is 0.270 e. The van der Waals surface area contributed by atoms with Gasteiger partial charge in [0.05, 0.1) is 17.7 Å². The Labute approximate surface area is 138 Å². The van der Waals surface area contributed by atoms with E-state index in [2.05, 4.69) is 0 Å². The van der Waals surface area contributed by atoms with Gasteiger partial charge in [-0.15, -0.1) is 0 Å². The van der Waals surface area contributed by atoms with Crippen LogP contribution in [-0.4, -0.2) is 17.3 Å². The first-order valence-electron chi connectivity index (χ1n) is 6.67. The molecule has 1 saturated heterocycles. The number of benzene rings is 2. The Morgan fingerprint density at radius 2 is 1.77 bits per heavy atom. The van der Waals surface area contributed by atoms with Crippen molar-refractivity contribution in [2.24, 2.45) is 0 Å². The fourth-order valence-corrected chi connectivity index (χ4v) is 3.48. The second kappa shape index (κ2) is 6.34. The highest BCUT2D eigenvalue weighted by Crippen LogP contribution is 2.39. The summed E-state index contributed by atoms with van der Waals surface area (Å²) in [5, 5.41) is 0. The number of thiocarbonyl (C=S) groups is 1. The van der Waals surface area contributed by atoms with E-state index in [4.69, 9.17) is 17.0 Å². The highest BCUT2D eigenvalue weighted by molar-refractivity contribution is 8.27. The monoisotopic (exact) mass is 327 g/mol. The standard InChI is InChI=1S/C17H13NO2S2/c1-20-14-10-6-5-9-13(14)18-16(19)15(22-17(18)21)11-12-7-3-2-4-8-12/h2-11H,1H3/b15-11+. The van der Waals surface area contributed by atoms with Crippen molar-refractivity contribution in [1.82, 2.24) is 0 Å². The van der Waals surface area contributed by atoms with Gasteiger partial charge in [0.15, 0.2) is 4.32 Å². The lowest BCUT2D eigenvalue weighted by atomic mass is 10.2. The highest BCUT2D eigenvalue weighted by Gasteiger charge is 2.34. The van der Waals surface area contributed by atoms with Crippen LogP contribution in [0.25, 0.3) is 6.08 Å². The molecular weight excluding hydrogens is 314 g/mol. The Kier molecular flexibility index (Phi) is 4.27. The Morgan fingerprint density at radius 3 is 2.50 bits per heavy atom. The second-order valence-electron chi connectivity index (χ2n) is 4.60. The van der Waals surface area contributed by atoms with E-state index in [9.17, 15) is 4.79 Å². The van der Waals surface area contributed by atoms with Gasteiger partial charge in [0, 0.05) is 0 Å². The molecule has 0 bridgehead atoms. The molecule has 0 N–H and O–H groups in total. The maximum absolute atomic E-state index is 12.7. The summed E-state index contributed by atoms with van der Waals surface area (Å²) in [6.07, 6.45) is 1.86. The van der Waals surface area contributed by atoms with Crippen molar-refractivity contribution < 1.29 is 9.53 Å². The van der Waals surface area contributed by atoms with Gasteiger partial charge in [0.2, 0.25) is 0 Å². The van der Waals surface area contributed by atoms with Crippen molar-refractivity contribution in [3.63, 3.8) is 0 Å². The molecule has 3 rings (SSSR count). The number of para-hydroxylation sites is 2. The number of rotatable bonds is 3. The molecule has 1 aliphatic rings. The number of nitrogens with zero attached hydrogens (tertiary/aromatic N) is 1. The summed E-state index contributed by atoms with van der Waals surface area (Å²) < 4.78 is 5.84. The molecule has 2 aromatic rings. The minimum absolute atomic E-state index is 0.122. The molecule has 0 radical (unpaired) electrons. The predicted octanol–water partition coefficient (Wildman–Crippen LogP) is 4.10. The van der Waals surface area contributed by atoms with Crippen LogP contribution in [0.4, 0.5) is 5.69 Å². The van der Waals surface area contributed by atoms with Crippen molar-refractivity contribution in [3.05, 3.63) is 65.1 Å². The number of methoxy groups -OCH3 is 1. The third-order valence-corrected chi connectivity index (χ3v) is 4.52. The Balaban J connectivity index is 1.97. The average molecular weight is 327 g/mol. The summed E-state index contributed by atoms with van der Waals surface area (Å²) >= 11 is 6.68. The van der Waals surface area contributed by atoms with Crippen LogP contribution in [0.1, 0.15) is 5.56 Å². The molecule has 1 fully saturated rings. The molecule has 22 heavy (non-hydrogen) atoms. The van der Waals surface area contributed by atoms with E-state index in [1.807, 2.05) is 60.7 Å². The molecule has 1 amide bonds. The van der Waals surface area contributed by atoms with Gasteiger partial charge < -0.3 is 4.74 Å². The van der Waals surface area contributed by atoms with Crippen LogP contribution in [0.15, 0.2) is 59.5 Å². The van der Waals surface area contributed by atoms with E-state index in [1.54, 1.807) is 7.11 Å². The largest absolute Gasteiger partial charge is 0.495 e. The molecule has 5 heteroatoms. The number of anilines is 1. The summed E-state index contributed by atoms with van der Waals surface area (Å²) in [7, 11) is 1.58. The number of amides is 1. The molecular formula is C17H13NO2S2. The van der Waals surface area contributed by atoms with Crippen LogP contribution >= 0.6 is 24.0 Å².